The Hall–Kier alpha value is -2.41. The smallest absolute Gasteiger partial charge is 0.131 e. The van der Waals surface area contributed by atoms with Crippen LogP contribution in [0.2, 0.25) is 0 Å². The number of halogens is 1. The summed E-state index contributed by atoms with van der Waals surface area (Å²) in [6, 6.07) is 19.8. The minimum absolute atomic E-state index is 0.176. The third-order valence-corrected chi connectivity index (χ3v) is 4.04. The molecule has 0 saturated heterocycles. The van der Waals surface area contributed by atoms with Crippen LogP contribution in [0.1, 0.15) is 16.7 Å². The van der Waals surface area contributed by atoms with Gasteiger partial charge in [-0.1, -0.05) is 59.7 Å². The maximum Gasteiger partial charge on any atom is 0.131 e. The van der Waals surface area contributed by atoms with Gasteiger partial charge in [-0.25, -0.2) is 4.39 Å². The van der Waals surface area contributed by atoms with Gasteiger partial charge in [-0.15, -0.1) is 0 Å². The lowest BCUT2D eigenvalue weighted by atomic mass is 9.94. The Morgan fingerprint density at radius 1 is 0.591 bits per heavy atom. The quantitative estimate of drug-likeness (QED) is 0.536. The maximum atomic E-state index is 14.6. The van der Waals surface area contributed by atoms with E-state index in [2.05, 4.69) is 19.1 Å². The number of benzene rings is 3. The lowest BCUT2D eigenvalue weighted by Gasteiger charge is -2.11. The molecule has 0 aliphatic heterocycles. The molecule has 22 heavy (non-hydrogen) atoms. The van der Waals surface area contributed by atoms with Gasteiger partial charge in [0.1, 0.15) is 5.82 Å². The molecule has 0 radical (unpaired) electrons. The van der Waals surface area contributed by atoms with Crippen molar-refractivity contribution >= 4 is 0 Å². The highest BCUT2D eigenvalue weighted by molar-refractivity contribution is 5.74. The molecule has 0 unspecified atom stereocenters. The van der Waals surface area contributed by atoms with E-state index in [-0.39, 0.29) is 5.82 Å². The van der Waals surface area contributed by atoms with Gasteiger partial charge in [-0.05, 0) is 55.2 Å². The second-order valence-electron chi connectivity index (χ2n) is 5.88. The number of hydrogen-bond donors (Lipinski definition) is 0. The van der Waals surface area contributed by atoms with Gasteiger partial charge < -0.3 is 0 Å². The van der Waals surface area contributed by atoms with E-state index in [1.165, 1.54) is 11.1 Å². The van der Waals surface area contributed by atoms with Crippen molar-refractivity contribution in [1.29, 1.82) is 0 Å². The van der Waals surface area contributed by atoms with E-state index in [1.54, 1.807) is 6.07 Å². The van der Waals surface area contributed by atoms with Crippen molar-refractivity contribution in [3.05, 3.63) is 83.2 Å². The molecule has 0 aliphatic carbocycles. The van der Waals surface area contributed by atoms with Crippen LogP contribution in [0.3, 0.4) is 0 Å². The number of rotatable bonds is 2. The molecule has 3 aromatic carbocycles. The molecular formula is C21H19F. The minimum atomic E-state index is -0.176. The minimum Gasteiger partial charge on any atom is -0.206 e. The molecule has 3 aromatic rings. The molecule has 0 spiro atoms. The largest absolute Gasteiger partial charge is 0.206 e. The number of aryl methyl sites for hydroxylation is 3. The van der Waals surface area contributed by atoms with E-state index in [4.69, 9.17) is 0 Å². The molecule has 0 aromatic heterocycles. The summed E-state index contributed by atoms with van der Waals surface area (Å²) in [5.41, 5.74) is 7.05. The van der Waals surface area contributed by atoms with Gasteiger partial charge in [0.15, 0.2) is 0 Å². The fourth-order valence-corrected chi connectivity index (χ4v) is 2.68. The van der Waals surface area contributed by atoms with Crippen LogP contribution < -0.4 is 0 Å². The third-order valence-electron chi connectivity index (χ3n) is 4.04. The van der Waals surface area contributed by atoms with Crippen molar-refractivity contribution in [2.24, 2.45) is 0 Å². The van der Waals surface area contributed by atoms with Gasteiger partial charge in [0.05, 0.1) is 0 Å². The summed E-state index contributed by atoms with van der Waals surface area (Å²) in [6.07, 6.45) is 0. The highest BCUT2D eigenvalue weighted by Crippen LogP contribution is 2.31. The Morgan fingerprint density at radius 2 is 1.05 bits per heavy atom. The lowest BCUT2D eigenvalue weighted by Crippen LogP contribution is -1.91. The van der Waals surface area contributed by atoms with Crippen LogP contribution in [0, 0.1) is 26.6 Å². The molecule has 0 aliphatic rings. The molecule has 0 nitrogen and oxygen atoms in total. The summed E-state index contributed by atoms with van der Waals surface area (Å²) in [5.74, 6) is -0.176. The van der Waals surface area contributed by atoms with Crippen LogP contribution in [-0.2, 0) is 0 Å². The molecule has 110 valence electrons. The Balaban J connectivity index is 2.08. The summed E-state index contributed by atoms with van der Waals surface area (Å²) in [7, 11) is 0. The second kappa shape index (κ2) is 5.76. The standard InChI is InChI=1S/C21H19F/c1-14-4-8-17(9-5-14)19-13-21(22)20(12-16(19)3)18-10-6-15(2)7-11-18/h4-13H,1-3H3. The predicted octanol–water partition coefficient (Wildman–Crippen LogP) is 6.08. The predicted molar refractivity (Wildman–Crippen MR) is 91.5 cm³/mol. The first-order chi connectivity index (χ1) is 10.5. The molecule has 0 amide bonds. The van der Waals surface area contributed by atoms with Crippen molar-refractivity contribution in [3.8, 4) is 22.3 Å². The maximum absolute atomic E-state index is 14.6. The third kappa shape index (κ3) is 2.80. The van der Waals surface area contributed by atoms with Gasteiger partial charge in [0.25, 0.3) is 0 Å². The van der Waals surface area contributed by atoms with Gasteiger partial charge in [-0.3, -0.25) is 0 Å². The average Bonchev–Trinajstić information content (AvgIpc) is 2.51. The topological polar surface area (TPSA) is 0 Å². The van der Waals surface area contributed by atoms with Crippen molar-refractivity contribution in [2.75, 3.05) is 0 Å². The van der Waals surface area contributed by atoms with Crippen LogP contribution in [0.4, 0.5) is 4.39 Å². The Bertz CT molecular complexity index is 725. The van der Waals surface area contributed by atoms with E-state index in [1.807, 2.05) is 56.3 Å². The van der Waals surface area contributed by atoms with Gasteiger partial charge >= 0.3 is 0 Å². The van der Waals surface area contributed by atoms with Crippen LogP contribution in [-0.4, -0.2) is 0 Å². The Labute approximate surface area is 131 Å². The summed E-state index contributed by atoms with van der Waals surface area (Å²) >= 11 is 0. The SMILES string of the molecule is Cc1ccc(-c2cc(F)c(-c3ccc(C)cc3)cc2C)cc1. The zero-order valence-corrected chi connectivity index (χ0v) is 13.2. The fourth-order valence-electron chi connectivity index (χ4n) is 2.68. The van der Waals surface area contributed by atoms with E-state index < -0.39 is 0 Å². The van der Waals surface area contributed by atoms with E-state index in [9.17, 15) is 4.39 Å². The average molecular weight is 290 g/mol. The lowest BCUT2D eigenvalue weighted by molar-refractivity contribution is 0.631. The van der Waals surface area contributed by atoms with Crippen LogP contribution in [0.15, 0.2) is 60.7 Å². The first-order valence-corrected chi connectivity index (χ1v) is 7.49. The van der Waals surface area contributed by atoms with E-state index in [0.717, 1.165) is 22.3 Å². The molecule has 1 heteroatoms. The summed E-state index contributed by atoms with van der Waals surface area (Å²) < 4.78 is 14.6. The van der Waals surface area contributed by atoms with Gasteiger partial charge in [0, 0.05) is 5.56 Å². The van der Waals surface area contributed by atoms with Crippen molar-refractivity contribution in [2.45, 2.75) is 20.8 Å². The molecule has 0 atom stereocenters. The first kappa shape index (κ1) is 14.5. The molecule has 0 fully saturated rings. The molecule has 3 rings (SSSR count). The van der Waals surface area contributed by atoms with E-state index in [0.29, 0.717) is 5.56 Å². The normalized spacial score (nSPS) is 10.7. The molecule has 0 bridgehead atoms. The van der Waals surface area contributed by atoms with Crippen molar-refractivity contribution in [3.63, 3.8) is 0 Å². The van der Waals surface area contributed by atoms with Gasteiger partial charge in [-0.2, -0.15) is 0 Å². The highest BCUT2D eigenvalue weighted by atomic mass is 19.1. The second-order valence-corrected chi connectivity index (χ2v) is 5.88. The van der Waals surface area contributed by atoms with Crippen molar-refractivity contribution < 1.29 is 4.39 Å². The monoisotopic (exact) mass is 290 g/mol. The van der Waals surface area contributed by atoms with Crippen LogP contribution in [0.5, 0.6) is 0 Å². The summed E-state index contributed by atoms with van der Waals surface area (Å²) in [5, 5.41) is 0. The number of hydrogen-bond acceptors (Lipinski definition) is 0. The molecule has 0 N–H and O–H groups in total. The fraction of sp³-hybridized carbons (Fsp3) is 0.143. The summed E-state index contributed by atoms with van der Waals surface area (Å²) in [6.45, 7) is 6.12. The Kier molecular flexibility index (Phi) is 3.81. The Morgan fingerprint density at radius 3 is 1.55 bits per heavy atom. The van der Waals surface area contributed by atoms with Gasteiger partial charge in [0.2, 0.25) is 0 Å². The van der Waals surface area contributed by atoms with Crippen LogP contribution in [0.25, 0.3) is 22.3 Å². The zero-order chi connectivity index (χ0) is 15.7. The molecule has 0 saturated carbocycles. The highest BCUT2D eigenvalue weighted by Gasteiger charge is 2.10. The molecular weight excluding hydrogens is 271 g/mol. The first-order valence-electron chi connectivity index (χ1n) is 7.49. The van der Waals surface area contributed by atoms with Crippen molar-refractivity contribution in [1.82, 2.24) is 0 Å². The van der Waals surface area contributed by atoms with Crippen LogP contribution >= 0.6 is 0 Å². The van der Waals surface area contributed by atoms with E-state index >= 15 is 0 Å². The summed E-state index contributed by atoms with van der Waals surface area (Å²) in [4.78, 5) is 0. The molecule has 0 heterocycles. The zero-order valence-electron chi connectivity index (χ0n) is 13.2.